The van der Waals surface area contributed by atoms with Crippen LogP contribution < -0.4 is 10.1 Å². The first-order valence-electron chi connectivity index (χ1n) is 11.1. The molecular formula is C26H28N2O2S. The number of ether oxygens (including phenoxy) is 1. The number of amides is 1. The van der Waals surface area contributed by atoms with Gasteiger partial charge in [0.05, 0.1) is 12.3 Å². The zero-order valence-corrected chi connectivity index (χ0v) is 18.4. The van der Waals surface area contributed by atoms with Gasteiger partial charge in [-0.15, -0.1) is 11.3 Å². The molecule has 1 saturated heterocycles. The highest BCUT2D eigenvalue weighted by atomic mass is 32.1. The van der Waals surface area contributed by atoms with Crippen LogP contribution in [0.4, 0.5) is 5.69 Å². The van der Waals surface area contributed by atoms with Crippen LogP contribution >= 0.6 is 11.3 Å². The summed E-state index contributed by atoms with van der Waals surface area (Å²) < 4.78 is 6.16. The Morgan fingerprint density at radius 1 is 1.00 bits per heavy atom. The van der Waals surface area contributed by atoms with Gasteiger partial charge in [0.25, 0.3) is 0 Å². The fraction of sp³-hybridized carbons (Fsp3) is 0.346. The number of hydrogen-bond donors (Lipinski definition) is 1. The molecule has 160 valence electrons. The van der Waals surface area contributed by atoms with Crippen LogP contribution in [0.5, 0.6) is 5.75 Å². The molecule has 2 aliphatic rings. The zero-order chi connectivity index (χ0) is 21.0. The zero-order valence-electron chi connectivity index (χ0n) is 17.6. The van der Waals surface area contributed by atoms with Crippen molar-refractivity contribution < 1.29 is 9.53 Å². The minimum Gasteiger partial charge on any atom is -0.491 e. The van der Waals surface area contributed by atoms with Crippen molar-refractivity contribution >= 4 is 22.9 Å². The van der Waals surface area contributed by atoms with E-state index in [-0.39, 0.29) is 5.91 Å². The fourth-order valence-electron chi connectivity index (χ4n) is 4.84. The Balaban J connectivity index is 1.31. The first kappa shape index (κ1) is 20.3. The maximum absolute atomic E-state index is 12.9. The summed E-state index contributed by atoms with van der Waals surface area (Å²) in [6.07, 6.45) is 2.64. The lowest BCUT2D eigenvalue weighted by molar-refractivity contribution is -0.118. The van der Waals surface area contributed by atoms with E-state index in [0.29, 0.717) is 24.9 Å². The van der Waals surface area contributed by atoms with Crippen molar-refractivity contribution in [2.75, 3.05) is 25.0 Å². The maximum atomic E-state index is 12.9. The van der Waals surface area contributed by atoms with Crippen molar-refractivity contribution in [3.05, 3.63) is 70.9 Å². The molecular weight excluding hydrogens is 404 g/mol. The van der Waals surface area contributed by atoms with E-state index in [1.165, 1.54) is 4.88 Å². The monoisotopic (exact) mass is 432 g/mol. The average molecular weight is 433 g/mol. The van der Waals surface area contributed by atoms with Gasteiger partial charge < -0.3 is 10.1 Å². The van der Waals surface area contributed by atoms with Gasteiger partial charge in [-0.25, -0.2) is 0 Å². The molecule has 2 atom stereocenters. The number of nitrogens with one attached hydrogen (secondary N) is 1. The van der Waals surface area contributed by atoms with Crippen LogP contribution in [0.25, 0.3) is 11.1 Å². The lowest BCUT2D eigenvalue weighted by Crippen LogP contribution is -2.42. The molecule has 0 aliphatic carbocycles. The Morgan fingerprint density at radius 2 is 1.90 bits per heavy atom. The van der Waals surface area contributed by atoms with Crippen molar-refractivity contribution in [2.24, 2.45) is 11.8 Å². The predicted molar refractivity (Wildman–Crippen MR) is 126 cm³/mol. The van der Waals surface area contributed by atoms with Crippen molar-refractivity contribution in [2.45, 2.75) is 25.8 Å². The third kappa shape index (κ3) is 4.83. The molecule has 2 aliphatic heterocycles. The summed E-state index contributed by atoms with van der Waals surface area (Å²) in [7, 11) is 0. The summed E-state index contributed by atoms with van der Waals surface area (Å²) in [5.74, 6) is 1.77. The second-order valence-electron chi connectivity index (χ2n) is 8.59. The first-order chi connectivity index (χ1) is 15.2. The van der Waals surface area contributed by atoms with Crippen molar-refractivity contribution in [1.82, 2.24) is 4.90 Å². The molecule has 1 amide bonds. The van der Waals surface area contributed by atoms with Gasteiger partial charge in [0.2, 0.25) is 5.91 Å². The summed E-state index contributed by atoms with van der Waals surface area (Å²) in [5.41, 5.74) is 3.00. The molecule has 3 heterocycles. The summed E-state index contributed by atoms with van der Waals surface area (Å²) in [4.78, 5) is 16.9. The Labute approximate surface area is 187 Å². The summed E-state index contributed by atoms with van der Waals surface area (Å²) in [6, 6.07) is 20.7. The van der Waals surface area contributed by atoms with Crippen molar-refractivity contribution in [3.63, 3.8) is 0 Å². The minimum atomic E-state index is 0.0960. The van der Waals surface area contributed by atoms with E-state index in [1.54, 1.807) is 0 Å². The molecule has 3 aromatic rings. The van der Waals surface area contributed by atoms with Gasteiger partial charge in [0, 0.05) is 24.4 Å². The van der Waals surface area contributed by atoms with E-state index in [2.05, 4.69) is 45.9 Å². The molecule has 1 fully saturated rings. The van der Waals surface area contributed by atoms with Crippen molar-refractivity contribution in [3.8, 4) is 16.9 Å². The number of fused-ring (bicyclic) bond motifs is 2. The summed E-state index contributed by atoms with van der Waals surface area (Å²) in [6.45, 7) is 3.79. The summed E-state index contributed by atoms with van der Waals surface area (Å²) in [5, 5.41) is 5.29. The molecule has 5 heteroatoms. The third-order valence-electron chi connectivity index (χ3n) is 6.49. The predicted octanol–water partition coefficient (Wildman–Crippen LogP) is 5.66. The summed E-state index contributed by atoms with van der Waals surface area (Å²) >= 11 is 1.82. The fourth-order valence-corrected chi connectivity index (χ4v) is 5.59. The average Bonchev–Trinajstić information content (AvgIpc) is 3.30. The number of nitrogens with zero attached hydrogens (tertiary/aromatic N) is 1. The van der Waals surface area contributed by atoms with Gasteiger partial charge in [-0.2, -0.15) is 0 Å². The molecule has 0 saturated carbocycles. The van der Waals surface area contributed by atoms with E-state index in [1.807, 2.05) is 41.7 Å². The minimum absolute atomic E-state index is 0.0960. The van der Waals surface area contributed by atoms with E-state index in [4.69, 9.17) is 4.74 Å². The lowest BCUT2D eigenvalue weighted by Gasteiger charge is -2.38. The number of anilines is 1. The van der Waals surface area contributed by atoms with Crippen LogP contribution in [0.3, 0.4) is 0 Å². The van der Waals surface area contributed by atoms with Gasteiger partial charge in [0.15, 0.2) is 0 Å². The smallest absolute Gasteiger partial charge is 0.224 e. The van der Waals surface area contributed by atoms with Gasteiger partial charge in [-0.3, -0.25) is 9.69 Å². The van der Waals surface area contributed by atoms with Gasteiger partial charge in [-0.1, -0.05) is 42.5 Å². The molecule has 4 nitrogen and oxygen atoms in total. The molecule has 2 aromatic carbocycles. The maximum Gasteiger partial charge on any atom is 0.224 e. The normalized spacial score (nSPS) is 22.0. The van der Waals surface area contributed by atoms with Crippen LogP contribution in [-0.4, -0.2) is 30.5 Å². The number of benzene rings is 2. The SMILES string of the molecule is O=C1C[C@@H]2CCN(Cc3cccs3)C[C@@H]2CCOc2ccc(-c3ccccc3)cc2N1. The Kier molecular flexibility index (Phi) is 6.05. The number of piperidine rings is 1. The second kappa shape index (κ2) is 9.25. The highest BCUT2D eigenvalue weighted by Gasteiger charge is 2.31. The van der Waals surface area contributed by atoms with E-state index >= 15 is 0 Å². The number of carbonyl (C=O) groups excluding carboxylic acids is 1. The van der Waals surface area contributed by atoms with E-state index in [9.17, 15) is 4.79 Å². The number of hydrogen-bond acceptors (Lipinski definition) is 4. The highest BCUT2D eigenvalue weighted by Crippen LogP contribution is 2.35. The molecule has 1 N–H and O–H groups in total. The standard InChI is InChI=1S/C26H28N2O2S/c29-26-16-21-10-12-28(18-23-7-4-14-31-23)17-22(21)11-13-30-25-9-8-20(15-24(25)27-26)19-5-2-1-3-6-19/h1-9,14-15,21-22H,10-13,16-18H2,(H,27,29)/t21-,22-/m0/s1. The van der Waals surface area contributed by atoms with Crippen LogP contribution in [-0.2, 0) is 11.3 Å². The second-order valence-corrected chi connectivity index (χ2v) is 9.62. The Morgan fingerprint density at radius 3 is 2.74 bits per heavy atom. The van der Waals surface area contributed by atoms with Crippen LogP contribution in [0, 0.1) is 11.8 Å². The van der Waals surface area contributed by atoms with Crippen LogP contribution in [0.2, 0.25) is 0 Å². The highest BCUT2D eigenvalue weighted by molar-refractivity contribution is 7.09. The van der Waals surface area contributed by atoms with E-state index < -0.39 is 0 Å². The molecule has 31 heavy (non-hydrogen) atoms. The largest absolute Gasteiger partial charge is 0.491 e. The van der Waals surface area contributed by atoms with Gasteiger partial charge in [-0.05, 0) is 65.9 Å². The molecule has 0 radical (unpaired) electrons. The molecule has 0 unspecified atom stereocenters. The van der Waals surface area contributed by atoms with Crippen molar-refractivity contribution in [1.29, 1.82) is 0 Å². The Hall–Kier alpha value is -2.63. The van der Waals surface area contributed by atoms with Crippen LogP contribution in [0.15, 0.2) is 66.0 Å². The first-order valence-corrected chi connectivity index (χ1v) is 12.0. The topological polar surface area (TPSA) is 41.6 Å². The van der Waals surface area contributed by atoms with Gasteiger partial charge in [0.1, 0.15) is 5.75 Å². The van der Waals surface area contributed by atoms with Gasteiger partial charge >= 0.3 is 0 Å². The van der Waals surface area contributed by atoms with E-state index in [0.717, 1.165) is 55.0 Å². The number of thiophene rings is 1. The van der Waals surface area contributed by atoms with Crippen LogP contribution in [0.1, 0.15) is 24.1 Å². The lowest BCUT2D eigenvalue weighted by atomic mass is 9.81. The quantitative estimate of drug-likeness (QED) is 0.580. The number of rotatable bonds is 3. The molecule has 0 spiro atoms. The third-order valence-corrected chi connectivity index (χ3v) is 7.35. The Bertz CT molecular complexity index is 1020. The molecule has 1 aromatic heterocycles. The number of likely N-dealkylation sites (tertiary alicyclic amines) is 1. The molecule has 5 rings (SSSR count). The number of carbonyl (C=O) groups is 1. The molecule has 0 bridgehead atoms.